The van der Waals surface area contributed by atoms with E-state index in [1.807, 2.05) is 89.5 Å². The monoisotopic (exact) mass is 866 g/mol. The fraction of sp³-hybridized carbons (Fsp3) is 0.312. The molecule has 0 bridgehead atoms. The molecule has 1 aliphatic rings. The number of aromatic amines is 1. The van der Waals surface area contributed by atoms with Crippen molar-refractivity contribution in [1.82, 2.24) is 29.5 Å². The molecule has 0 radical (unpaired) electrons. The highest BCUT2D eigenvalue weighted by molar-refractivity contribution is 7.55. The number of nitrogens with zero attached hydrogens (tertiary/aromatic N) is 6. The molecule has 0 saturated carbocycles. The Balaban J connectivity index is 1.17. The Morgan fingerprint density at radius 1 is 0.889 bits per heavy atom. The summed E-state index contributed by atoms with van der Waals surface area (Å²) in [6.45, 7) is 4.89. The van der Waals surface area contributed by atoms with Crippen LogP contribution in [-0.2, 0) is 30.7 Å². The van der Waals surface area contributed by atoms with Crippen LogP contribution in [0, 0.1) is 17.2 Å². The SMILES string of the molecule is COc1ccc(C(OCC2OC(n3cnc4c(NCc5ccccc5)ncnc43)CC2OP(OC(CC#N)CC(C)C)c2cnc[nH]2)(c2ccccc2)c2ccc(OC)cc2)cc1. The van der Waals surface area contributed by atoms with Gasteiger partial charge in [0.15, 0.2) is 17.0 Å². The number of aromatic nitrogens is 6. The number of H-pyrrole nitrogens is 1. The van der Waals surface area contributed by atoms with Gasteiger partial charge in [-0.05, 0) is 58.9 Å². The van der Waals surface area contributed by atoms with Gasteiger partial charge in [-0.2, -0.15) is 5.26 Å². The van der Waals surface area contributed by atoms with Crippen LogP contribution in [0.25, 0.3) is 11.2 Å². The molecule has 1 aliphatic heterocycles. The third-order valence-electron chi connectivity index (χ3n) is 11.0. The van der Waals surface area contributed by atoms with E-state index in [9.17, 15) is 5.26 Å². The van der Waals surface area contributed by atoms with Gasteiger partial charge in [-0.15, -0.1) is 0 Å². The summed E-state index contributed by atoms with van der Waals surface area (Å²) in [5, 5.41) is 13.2. The van der Waals surface area contributed by atoms with Gasteiger partial charge >= 0.3 is 0 Å². The summed E-state index contributed by atoms with van der Waals surface area (Å²) in [7, 11) is 1.55. The van der Waals surface area contributed by atoms with Crippen molar-refractivity contribution in [3.63, 3.8) is 0 Å². The Kier molecular flexibility index (Phi) is 14.0. The minimum absolute atomic E-state index is 0.0966. The maximum absolute atomic E-state index is 9.79. The second-order valence-corrected chi connectivity index (χ2v) is 17.0. The minimum Gasteiger partial charge on any atom is -0.497 e. The second kappa shape index (κ2) is 20.3. The van der Waals surface area contributed by atoms with Gasteiger partial charge in [0.2, 0.25) is 8.38 Å². The van der Waals surface area contributed by atoms with Crippen LogP contribution < -0.4 is 20.2 Å². The zero-order valence-corrected chi connectivity index (χ0v) is 36.6. The largest absolute Gasteiger partial charge is 0.497 e. The molecule has 4 heterocycles. The Morgan fingerprint density at radius 3 is 2.17 bits per heavy atom. The third-order valence-corrected chi connectivity index (χ3v) is 12.6. The van der Waals surface area contributed by atoms with Crippen LogP contribution in [0.1, 0.15) is 61.6 Å². The first-order valence-electron chi connectivity index (χ1n) is 21.0. The summed E-state index contributed by atoms with van der Waals surface area (Å²) < 4.78 is 41.3. The number of hydrogen-bond donors (Lipinski definition) is 2. The van der Waals surface area contributed by atoms with Crippen molar-refractivity contribution in [2.45, 2.75) is 69.8 Å². The number of fused-ring (bicyclic) bond motifs is 1. The van der Waals surface area contributed by atoms with Crippen molar-refractivity contribution in [3.8, 4) is 17.6 Å². The van der Waals surface area contributed by atoms with Crippen molar-refractivity contribution in [2.24, 2.45) is 5.92 Å². The van der Waals surface area contributed by atoms with Gasteiger partial charge in [-0.25, -0.2) is 19.9 Å². The van der Waals surface area contributed by atoms with Crippen LogP contribution in [0.3, 0.4) is 0 Å². The topological polar surface area (TPSA) is 163 Å². The van der Waals surface area contributed by atoms with E-state index in [0.717, 1.165) is 33.8 Å². The molecule has 3 aromatic heterocycles. The van der Waals surface area contributed by atoms with Gasteiger partial charge < -0.3 is 38.3 Å². The average molecular weight is 867 g/mol. The van der Waals surface area contributed by atoms with Crippen LogP contribution >= 0.6 is 8.38 Å². The van der Waals surface area contributed by atoms with Gasteiger partial charge in [0.05, 0.1) is 64.4 Å². The van der Waals surface area contributed by atoms with Crippen molar-refractivity contribution < 1.29 is 28.0 Å². The van der Waals surface area contributed by atoms with Crippen LogP contribution in [-0.4, -0.2) is 68.6 Å². The highest BCUT2D eigenvalue weighted by Gasteiger charge is 2.45. The lowest BCUT2D eigenvalue weighted by molar-refractivity contribution is -0.0904. The number of nitrogens with one attached hydrogen (secondary N) is 2. The van der Waals surface area contributed by atoms with Crippen LogP contribution in [0.15, 0.2) is 134 Å². The first-order chi connectivity index (χ1) is 30.9. The van der Waals surface area contributed by atoms with Crippen LogP contribution in [0.2, 0.25) is 0 Å². The molecule has 0 aliphatic carbocycles. The summed E-state index contributed by atoms with van der Waals surface area (Å²) >= 11 is 0. The molecule has 8 rings (SSSR count). The maximum Gasteiger partial charge on any atom is 0.225 e. The van der Waals surface area contributed by atoms with Crippen molar-refractivity contribution >= 4 is 30.8 Å². The molecule has 7 aromatic rings. The normalized spacial score (nSPS) is 17.4. The molecule has 5 atom stereocenters. The predicted molar refractivity (Wildman–Crippen MR) is 240 cm³/mol. The van der Waals surface area contributed by atoms with Crippen molar-refractivity contribution in [3.05, 3.63) is 157 Å². The molecule has 324 valence electrons. The molecule has 5 unspecified atom stereocenters. The average Bonchev–Trinajstić information content (AvgIpc) is 4.11. The minimum atomic E-state index is -1.76. The third kappa shape index (κ3) is 9.89. The summed E-state index contributed by atoms with van der Waals surface area (Å²) in [5.74, 6) is 2.36. The number of rotatable bonds is 20. The summed E-state index contributed by atoms with van der Waals surface area (Å²) in [6, 6.07) is 38.4. The van der Waals surface area contributed by atoms with Gasteiger partial charge in [0.25, 0.3) is 0 Å². The molecule has 0 spiro atoms. The number of hydrogen-bond acceptors (Lipinski definition) is 12. The molecular weight excluding hydrogens is 816 g/mol. The standard InChI is InChI=1S/C48H51N8O6P/c1-33(2)25-40(23-24-49)61-63(43-28-50-30-52-43)62-41-26-44(56-32-55-45-46(53-31-54-47(45)56)51-27-34-11-7-5-8-12-34)60-42(41)29-59-48(35-13-9-6-10-14-35,36-15-19-38(57-3)20-16-36)37-17-21-39(58-4)22-18-37/h5-22,28,30-33,40-42,44H,23,25-27,29H2,1-4H3,(H,50,52)(H,51,53,54). The molecule has 1 fully saturated rings. The molecule has 1 saturated heterocycles. The van der Waals surface area contributed by atoms with E-state index < -0.39 is 32.4 Å². The van der Waals surface area contributed by atoms with E-state index in [0.29, 0.717) is 47.7 Å². The zero-order chi connectivity index (χ0) is 43.6. The highest BCUT2D eigenvalue weighted by Crippen LogP contribution is 2.48. The van der Waals surface area contributed by atoms with E-state index in [-0.39, 0.29) is 19.1 Å². The second-order valence-electron chi connectivity index (χ2n) is 15.6. The maximum atomic E-state index is 9.79. The smallest absolute Gasteiger partial charge is 0.225 e. The van der Waals surface area contributed by atoms with Crippen LogP contribution in [0.5, 0.6) is 11.5 Å². The number of anilines is 1. The van der Waals surface area contributed by atoms with Gasteiger partial charge in [0.1, 0.15) is 41.2 Å². The van der Waals surface area contributed by atoms with Crippen LogP contribution in [0.4, 0.5) is 5.82 Å². The quantitative estimate of drug-likeness (QED) is 0.0554. The van der Waals surface area contributed by atoms with Crippen molar-refractivity contribution in [1.29, 1.82) is 5.26 Å². The Hall–Kier alpha value is -6.20. The molecule has 0 amide bonds. The first-order valence-corrected chi connectivity index (χ1v) is 22.1. The molecular formula is C48H51N8O6P. The summed E-state index contributed by atoms with van der Waals surface area (Å²) in [5.41, 5.74) is 4.60. The predicted octanol–water partition coefficient (Wildman–Crippen LogP) is 8.84. The van der Waals surface area contributed by atoms with E-state index in [2.05, 4.69) is 69.4 Å². The molecule has 4 aromatic carbocycles. The fourth-order valence-electron chi connectivity index (χ4n) is 7.92. The lowest BCUT2D eigenvalue weighted by Gasteiger charge is -2.37. The Labute approximate surface area is 368 Å². The number of nitriles is 1. The van der Waals surface area contributed by atoms with E-state index in [1.54, 1.807) is 33.1 Å². The highest BCUT2D eigenvalue weighted by atomic mass is 31.2. The molecule has 15 heteroatoms. The van der Waals surface area contributed by atoms with E-state index in [1.165, 1.54) is 6.33 Å². The van der Waals surface area contributed by atoms with Crippen molar-refractivity contribution in [2.75, 3.05) is 26.1 Å². The van der Waals surface area contributed by atoms with Gasteiger partial charge in [0, 0.05) is 13.0 Å². The molecule has 14 nitrogen and oxygen atoms in total. The number of imidazole rings is 2. The Morgan fingerprint density at radius 2 is 1.56 bits per heavy atom. The number of ether oxygens (including phenoxy) is 4. The lowest BCUT2D eigenvalue weighted by atomic mass is 9.80. The van der Waals surface area contributed by atoms with E-state index in [4.69, 9.17) is 33.0 Å². The zero-order valence-electron chi connectivity index (χ0n) is 35.7. The first kappa shape index (κ1) is 43.4. The van der Waals surface area contributed by atoms with E-state index >= 15 is 0 Å². The summed E-state index contributed by atoms with van der Waals surface area (Å²) in [6.07, 6.45) is 5.80. The lowest BCUT2D eigenvalue weighted by Crippen LogP contribution is -2.38. The number of benzene rings is 4. The fourth-order valence-corrected chi connectivity index (χ4v) is 9.42. The Bertz CT molecular complexity index is 2490. The summed E-state index contributed by atoms with van der Waals surface area (Å²) in [4.78, 5) is 21.5. The van der Waals surface area contributed by atoms with Gasteiger partial charge in [-0.3, -0.25) is 4.57 Å². The molecule has 2 N–H and O–H groups in total. The number of methoxy groups -OCH3 is 2. The van der Waals surface area contributed by atoms with Gasteiger partial charge in [-0.1, -0.05) is 98.8 Å². The molecule has 63 heavy (non-hydrogen) atoms.